The molecular weight excluding hydrogens is 1600 g/mol. The molecule has 1 unspecified atom stereocenters. The van der Waals surface area contributed by atoms with E-state index >= 15 is 0 Å². The molecule has 2 N–H and O–H groups in total. The minimum absolute atomic E-state index is 0.00483. The number of piperazine rings is 1. The number of allylic oxidation sites excluding steroid dienone is 1. The topological polar surface area (TPSA) is 337 Å². The number of nitrogens with one attached hydrogen (secondary N) is 1. The molecule has 8 aromatic carbocycles. The summed E-state index contributed by atoms with van der Waals surface area (Å²) in [5.41, 5.74) is 21.8. The Morgan fingerprint density at radius 1 is 0.433 bits per heavy atom. The zero-order valence-corrected chi connectivity index (χ0v) is 69.1. The van der Waals surface area contributed by atoms with Crippen molar-refractivity contribution < 1.29 is 43.3 Å². The van der Waals surface area contributed by atoms with Crippen LogP contribution in [0.2, 0.25) is 0 Å². The number of ether oxygens (including phenoxy) is 2. The number of piperidine rings is 1. The van der Waals surface area contributed by atoms with E-state index in [1.807, 2.05) is 254 Å². The average molecular weight is 1680 g/mol. The maximum absolute atomic E-state index is 12.9. The minimum atomic E-state index is -0.677. The van der Waals surface area contributed by atoms with Crippen LogP contribution in [-0.4, -0.2) is 195 Å². The predicted molar refractivity (Wildman–Crippen MR) is 476 cm³/mol. The van der Waals surface area contributed by atoms with Gasteiger partial charge in [0.1, 0.15) is 17.5 Å². The SMILES string of the molecule is CC1(O)CCN(C(=O)c2ccc(-c3ccc4ncc(-c5ccc(C#N)cc5)n4c3)cc2)CC1.N#Cc1ccc(-c2cnc3ccc(-c4ccc(C(=O)N5CCNC(=O)C5)cc4)nn23)cc1.N#Cc1ccc(-c2cnc3ccc(-c4ccc(C(=O)N5CCOCC5)cc4)cn23)cc1.N#Cc1ccc(C2=CN=[N+]3C=CC(c4ccc(C(=O)N5CCOCC5)cc4)=NC23)cc1. The van der Waals surface area contributed by atoms with E-state index in [4.69, 9.17) is 40.6 Å². The fraction of sp³-hybridized carbons (Fsp3) is 0.180. The van der Waals surface area contributed by atoms with Gasteiger partial charge in [-0.1, -0.05) is 102 Å². The Morgan fingerprint density at radius 2 is 0.811 bits per heavy atom. The number of azo groups is 2. The van der Waals surface area contributed by atoms with E-state index in [-0.39, 0.29) is 42.2 Å². The molecule has 27 heteroatoms. The van der Waals surface area contributed by atoms with Crippen LogP contribution in [-0.2, 0) is 14.3 Å². The molecule has 5 amide bonds. The highest BCUT2D eigenvalue weighted by Crippen LogP contribution is 2.34. The Labute approximate surface area is 730 Å². The molecule has 0 saturated carbocycles. The minimum Gasteiger partial charge on any atom is -0.390 e. The number of morpholine rings is 2. The van der Waals surface area contributed by atoms with Crippen LogP contribution in [0.25, 0.3) is 89.8 Å². The van der Waals surface area contributed by atoms with Gasteiger partial charge in [0, 0.05) is 121 Å². The van der Waals surface area contributed by atoms with Gasteiger partial charge >= 0.3 is 6.17 Å². The lowest BCUT2D eigenvalue weighted by atomic mass is 9.93. The van der Waals surface area contributed by atoms with Gasteiger partial charge in [0.15, 0.2) is 5.65 Å². The number of carbonyl (C=O) groups is 5. The fourth-order valence-corrected chi connectivity index (χ4v) is 15.6. The standard InChI is InChI=1S/C27H24N4O2.C25H20N4O2.C24H18N6O2.C24H20N5O2/c1-27(33)12-14-30(15-13-27)26(32)22-8-6-20(7-9-22)23-10-11-25-29-17-24(31(25)18-23)21-4-2-19(16-28)3-5-21;26-15-18-1-3-20(4-2-18)23-16-27-24-10-9-22(17-29(23)24)19-5-7-21(8-6-19)25(30)28-11-13-31-14-12-28;25-13-16-1-3-18(4-2-16)21-14-27-22-10-9-20(28-30(21)22)17-5-7-19(8-6-17)24(32)29-12-11-26-23(31)15-29;25-15-17-1-3-18(4-2-17)21-16-26-29-10-9-22(27-23(21)29)19-5-7-20(8-6-19)24(30)28-11-13-31-14-12-28/h2-11,17-18,33H,12-15H2,1H3;1-10,16-17H,11-14H2;1-10,14H,11-12,15H2,(H,26,31);1-10,16,23H,11-14H2/q;;;+1. The van der Waals surface area contributed by atoms with Crippen LogP contribution < -0.4 is 5.32 Å². The number of likely N-dealkylation sites (tertiary alicyclic amines) is 1. The smallest absolute Gasteiger partial charge is 0.305 e. The summed E-state index contributed by atoms with van der Waals surface area (Å²) in [6.45, 7) is 8.91. The van der Waals surface area contributed by atoms with E-state index < -0.39 is 5.60 Å². The van der Waals surface area contributed by atoms with Crippen LogP contribution >= 0.6 is 0 Å². The maximum atomic E-state index is 12.9. The number of aliphatic hydroxyl groups is 1. The molecule has 127 heavy (non-hydrogen) atoms. The van der Waals surface area contributed by atoms with Gasteiger partial charge in [0.05, 0.1) is 138 Å². The van der Waals surface area contributed by atoms with Crippen molar-refractivity contribution in [1.82, 2.24) is 58.3 Å². The molecule has 0 radical (unpaired) electrons. The molecular formula is C100H82N19O8+. The lowest BCUT2D eigenvalue weighted by Crippen LogP contribution is -2.49. The molecule has 624 valence electrons. The van der Waals surface area contributed by atoms with Crippen molar-refractivity contribution in [2.45, 2.75) is 31.5 Å². The fourth-order valence-electron chi connectivity index (χ4n) is 15.6. The quantitative estimate of drug-likeness (QED) is 0.107. The molecule has 4 saturated heterocycles. The summed E-state index contributed by atoms with van der Waals surface area (Å²) in [5.74, 6) is -0.222. The number of aromatic nitrogens is 7. The number of imidazole rings is 3. The Hall–Kier alpha value is -16.3. The van der Waals surface area contributed by atoms with Gasteiger partial charge in [-0.2, -0.15) is 26.1 Å². The Bertz CT molecular complexity index is 6830. The lowest BCUT2D eigenvalue weighted by Gasteiger charge is -2.35. The van der Waals surface area contributed by atoms with E-state index in [1.165, 1.54) is 0 Å². The van der Waals surface area contributed by atoms with Crippen LogP contribution in [0.3, 0.4) is 0 Å². The highest BCUT2D eigenvalue weighted by atomic mass is 16.5. The number of aliphatic imine (C=N–C) groups is 1. The third-order valence-corrected chi connectivity index (χ3v) is 23.0. The molecule has 20 rings (SSSR count). The number of pyridine rings is 2. The molecule has 14 aromatic rings. The second-order valence-corrected chi connectivity index (χ2v) is 31.2. The van der Waals surface area contributed by atoms with Gasteiger partial charge < -0.3 is 39.5 Å². The number of carbonyl (C=O) groups excluding carboxylic acids is 5. The number of hydrogen-bond acceptors (Lipinski definition) is 18. The number of benzene rings is 8. The third kappa shape index (κ3) is 18.6. The van der Waals surface area contributed by atoms with Crippen molar-refractivity contribution >= 4 is 57.8 Å². The second kappa shape index (κ2) is 37.2. The van der Waals surface area contributed by atoms with Crippen molar-refractivity contribution in [2.75, 3.05) is 85.3 Å². The Morgan fingerprint density at radius 3 is 1.26 bits per heavy atom. The molecule has 12 heterocycles. The van der Waals surface area contributed by atoms with Gasteiger partial charge in [-0.05, 0) is 186 Å². The first-order valence-electron chi connectivity index (χ1n) is 41.5. The molecule has 0 spiro atoms. The van der Waals surface area contributed by atoms with Gasteiger partial charge in [0.2, 0.25) is 12.1 Å². The van der Waals surface area contributed by atoms with E-state index in [0.717, 1.165) is 101 Å². The highest BCUT2D eigenvalue weighted by Gasteiger charge is 2.36. The lowest BCUT2D eigenvalue weighted by molar-refractivity contribution is -0.542. The zero-order chi connectivity index (χ0) is 87.5. The molecule has 1 atom stereocenters. The van der Waals surface area contributed by atoms with Gasteiger partial charge in [0.25, 0.3) is 23.6 Å². The number of hydrogen-bond donors (Lipinski definition) is 2. The number of amides is 5. The normalized spacial score (nSPS) is 15.6. The van der Waals surface area contributed by atoms with E-state index in [0.29, 0.717) is 142 Å². The summed E-state index contributed by atoms with van der Waals surface area (Å²) in [4.78, 5) is 87.8. The summed E-state index contributed by atoms with van der Waals surface area (Å²) in [6.07, 6.45) is 16.1. The molecule has 6 aromatic heterocycles. The van der Waals surface area contributed by atoms with Crippen molar-refractivity contribution in [2.24, 2.45) is 10.1 Å². The predicted octanol–water partition coefficient (Wildman–Crippen LogP) is 14.2. The van der Waals surface area contributed by atoms with Gasteiger partial charge in [-0.15, -0.1) is 0 Å². The number of fused-ring (bicyclic) bond motifs is 4. The van der Waals surface area contributed by atoms with Crippen molar-refractivity contribution in [3.05, 3.63) is 336 Å². The summed E-state index contributed by atoms with van der Waals surface area (Å²) in [6, 6.07) is 80.1. The van der Waals surface area contributed by atoms with Crippen LogP contribution in [0.15, 0.2) is 290 Å². The molecule has 4 fully saturated rings. The number of nitrogens with zero attached hydrogens (tertiary/aromatic N) is 18. The van der Waals surface area contributed by atoms with Crippen molar-refractivity contribution in [1.29, 1.82) is 21.0 Å². The van der Waals surface area contributed by atoms with E-state index in [1.54, 1.807) is 64.1 Å². The molecule has 6 aliphatic heterocycles. The van der Waals surface area contributed by atoms with Crippen LogP contribution in [0, 0.1) is 45.3 Å². The Kier molecular flexibility index (Phi) is 24.3. The first-order chi connectivity index (χ1) is 62.0. The molecule has 6 aliphatic rings. The summed E-state index contributed by atoms with van der Waals surface area (Å²) >= 11 is 0. The van der Waals surface area contributed by atoms with E-state index in [2.05, 4.69) is 55.9 Å². The summed E-state index contributed by atoms with van der Waals surface area (Å²) in [5, 5.41) is 58.1. The number of rotatable bonds is 12. The van der Waals surface area contributed by atoms with Crippen LogP contribution in [0.1, 0.15) is 94.6 Å². The first kappa shape index (κ1) is 83.0. The summed E-state index contributed by atoms with van der Waals surface area (Å²) in [7, 11) is 0. The second-order valence-electron chi connectivity index (χ2n) is 31.2. The Balaban J connectivity index is 0.000000119. The van der Waals surface area contributed by atoms with Crippen LogP contribution in [0.5, 0.6) is 0 Å². The molecule has 0 bridgehead atoms. The monoisotopic (exact) mass is 1680 g/mol. The van der Waals surface area contributed by atoms with Crippen molar-refractivity contribution in [3.8, 4) is 91.6 Å². The third-order valence-electron chi connectivity index (χ3n) is 23.0. The highest BCUT2D eigenvalue weighted by molar-refractivity contribution is 6.10. The first-order valence-corrected chi connectivity index (χ1v) is 41.5. The summed E-state index contributed by atoms with van der Waals surface area (Å²) < 4.78 is 18.3. The van der Waals surface area contributed by atoms with Gasteiger partial charge in [-0.25, -0.2) is 24.5 Å². The maximum Gasteiger partial charge on any atom is 0.305 e. The van der Waals surface area contributed by atoms with Crippen LogP contribution in [0.4, 0.5) is 0 Å². The molecule has 0 aliphatic carbocycles. The van der Waals surface area contributed by atoms with Gasteiger partial charge in [-0.3, -0.25) is 32.8 Å². The van der Waals surface area contributed by atoms with Crippen molar-refractivity contribution in [3.63, 3.8) is 0 Å². The number of nitriles is 4. The van der Waals surface area contributed by atoms with E-state index in [9.17, 15) is 29.1 Å². The molecule has 27 nitrogen and oxygen atoms in total. The average Bonchev–Trinajstić information content (AvgIpc) is 1.66. The largest absolute Gasteiger partial charge is 0.390 e. The zero-order valence-electron chi connectivity index (χ0n) is 69.1.